The fourth-order valence-corrected chi connectivity index (χ4v) is 4.78. The van der Waals surface area contributed by atoms with E-state index in [0.29, 0.717) is 17.8 Å². The van der Waals surface area contributed by atoms with Crippen LogP contribution < -0.4 is 0 Å². The third kappa shape index (κ3) is 4.20. The summed E-state index contributed by atoms with van der Waals surface area (Å²) >= 11 is 0. The number of halogens is 3. The number of rotatable bonds is 3. The van der Waals surface area contributed by atoms with E-state index in [4.69, 9.17) is 6.42 Å². The van der Waals surface area contributed by atoms with Gasteiger partial charge in [0.2, 0.25) is 0 Å². The van der Waals surface area contributed by atoms with E-state index in [0.717, 1.165) is 38.5 Å². The molecule has 160 valence electrons. The summed E-state index contributed by atoms with van der Waals surface area (Å²) in [6.45, 7) is 4.67. The van der Waals surface area contributed by atoms with Crippen molar-refractivity contribution in [1.82, 2.24) is 30.0 Å². The smallest absolute Gasteiger partial charge is 0.306 e. The molecule has 6 nitrogen and oxygen atoms in total. The summed E-state index contributed by atoms with van der Waals surface area (Å²) in [6.07, 6.45) is 5.44. The van der Waals surface area contributed by atoms with Crippen molar-refractivity contribution in [2.45, 2.75) is 38.4 Å². The molecule has 3 heterocycles. The summed E-state index contributed by atoms with van der Waals surface area (Å²) in [7, 11) is 2.18. The Morgan fingerprint density at radius 3 is 2.60 bits per heavy atom. The van der Waals surface area contributed by atoms with Crippen molar-refractivity contribution in [3.05, 3.63) is 35.2 Å². The zero-order valence-electron chi connectivity index (χ0n) is 17.0. The van der Waals surface area contributed by atoms with Crippen LogP contribution in [0.3, 0.4) is 0 Å². The monoisotopic (exact) mass is 418 g/mol. The average molecular weight is 418 g/mol. The van der Waals surface area contributed by atoms with E-state index in [9.17, 15) is 13.2 Å². The summed E-state index contributed by atoms with van der Waals surface area (Å²) in [4.78, 5) is 4.69. The zero-order valence-corrected chi connectivity index (χ0v) is 17.0. The number of benzene rings is 1. The van der Waals surface area contributed by atoms with Gasteiger partial charge >= 0.3 is 6.18 Å². The molecule has 0 atom stereocenters. The van der Waals surface area contributed by atoms with E-state index in [1.165, 1.54) is 36.2 Å². The molecule has 0 saturated carbocycles. The number of tetrazole rings is 1. The average Bonchev–Trinajstić information content (AvgIpc) is 3.17. The van der Waals surface area contributed by atoms with Crippen LogP contribution in [0, 0.1) is 17.8 Å². The molecule has 2 fully saturated rings. The van der Waals surface area contributed by atoms with Gasteiger partial charge in [-0.15, -0.1) is 11.5 Å². The second kappa shape index (κ2) is 8.00. The molecule has 2 aromatic rings. The third-order valence-corrected chi connectivity index (χ3v) is 6.38. The number of piperidine rings is 2. The molecular weight excluding hydrogens is 393 g/mol. The highest BCUT2D eigenvalue weighted by Crippen LogP contribution is 2.39. The number of alkyl halides is 3. The van der Waals surface area contributed by atoms with E-state index >= 15 is 0 Å². The molecule has 0 radical (unpaired) electrons. The predicted octanol–water partition coefficient (Wildman–Crippen LogP) is 2.97. The van der Waals surface area contributed by atoms with Crippen molar-refractivity contribution in [2.75, 3.05) is 33.2 Å². The Kier molecular flexibility index (Phi) is 5.55. The van der Waals surface area contributed by atoms with E-state index in [-0.39, 0.29) is 11.3 Å². The molecule has 30 heavy (non-hydrogen) atoms. The van der Waals surface area contributed by atoms with Gasteiger partial charge in [-0.2, -0.15) is 17.9 Å². The zero-order chi connectivity index (χ0) is 21.4. The van der Waals surface area contributed by atoms with Crippen molar-refractivity contribution in [3.8, 4) is 18.0 Å². The largest absolute Gasteiger partial charge is 0.417 e. The lowest BCUT2D eigenvalue weighted by atomic mass is 9.72. The Labute approximate surface area is 174 Å². The highest BCUT2D eigenvalue weighted by Gasteiger charge is 2.38. The van der Waals surface area contributed by atoms with Crippen LogP contribution in [0.5, 0.6) is 0 Å². The standard InChI is InChI=1S/C21H25F3N6/c1-3-16-5-6-17(13-18(16)21(22,23)24)30-19(25-26-27-30)14-29-11-8-20(9-12-29)7-4-10-28(2)15-20/h1,5-6,13H,4,7-12,14-15H2,2H3. The summed E-state index contributed by atoms with van der Waals surface area (Å²) in [5.74, 6) is 2.62. The second-order valence-corrected chi connectivity index (χ2v) is 8.50. The van der Waals surface area contributed by atoms with E-state index in [1.54, 1.807) is 0 Å². The lowest BCUT2D eigenvalue weighted by molar-refractivity contribution is -0.137. The van der Waals surface area contributed by atoms with Gasteiger partial charge in [0.15, 0.2) is 5.82 Å². The fourth-order valence-electron chi connectivity index (χ4n) is 4.78. The molecule has 1 aromatic carbocycles. The minimum absolute atomic E-state index is 0.195. The van der Waals surface area contributed by atoms with Crippen LogP contribution in [0.1, 0.15) is 42.6 Å². The Morgan fingerprint density at radius 1 is 1.17 bits per heavy atom. The summed E-state index contributed by atoms with van der Waals surface area (Å²) in [5, 5.41) is 11.7. The maximum Gasteiger partial charge on any atom is 0.417 e. The normalized spacial score (nSPS) is 20.4. The van der Waals surface area contributed by atoms with Crippen LogP contribution in [0.4, 0.5) is 13.2 Å². The summed E-state index contributed by atoms with van der Waals surface area (Å²) in [6, 6.07) is 3.82. The maximum atomic E-state index is 13.4. The number of likely N-dealkylation sites (tertiary alicyclic amines) is 2. The molecule has 0 unspecified atom stereocenters. The molecular formula is C21H25F3N6. The number of aromatic nitrogens is 4. The van der Waals surface area contributed by atoms with E-state index in [2.05, 4.69) is 38.3 Å². The Hall–Kier alpha value is -2.44. The lowest BCUT2D eigenvalue weighted by Crippen LogP contribution is -2.48. The van der Waals surface area contributed by atoms with Gasteiger partial charge in [0.25, 0.3) is 0 Å². The van der Waals surface area contributed by atoms with Crippen LogP contribution in [0.15, 0.2) is 18.2 Å². The highest BCUT2D eigenvalue weighted by atomic mass is 19.4. The molecule has 0 amide bonds. The molecule has 0 N–H and O–H groups in total. The Balaban J connectivity index is 1.49. The minimum Gasteiger partial charge on any atom is -0.306 e. The number of hydrogen-bond acceptors (Lipinski definition) is 5. The minimum atomic E-state index is -4.54. The number of terminal acetylenes is 1. The predicted molar refractivity (Wildman–Crippen MR) is 106 cm³/mol. The Bertz CT molecular complexity index is 937. The van der Waals surface area contributed by atoms with Crippen LogP contribution in [0.25, 0.3) is 5.69 Å². The van der Waals surface area contributed by atoms with Crippen molar-refractivity contribution in [3.63, 3.8) is 0 Å². The van der Waals surface area contributed by atoms with Crippen molar-refractivity contribution in [1.29, 1.82) is 0 Å². The molecule has 0 aliphatic carbocycles. The van der Waals surface area contributed by atoms with Crippen molar-refractivity contribution >= 4 is 0 Å². The molecule has 2 saturated heterocycles. The molecule has 1 spiro atoms. The van der Waals surface area contributed by atoms with Gasteiger partial charge in [-0.1, -0.05) is 5.92 Å². The summed E-state index contributed by atoms with van der Waals surface area (Å²) in [5.41, 5.74) is -0.407. The fraction of sp³-hybridized carbons (Fsp3) is 0.571. The van der Waals surface area contributed by atoms with Gasteiger partial charge in [-0.05, 0) is 86.4 Å². The maximum absolute atomic E-state index is 13.4. The number of nitrogens with zero attached hydrogens (tertiary/aromatic N) is 6. The van der Waals surface area contributed by atoms with Gasteiger partial charge in [0.1, 0.15) is 0 Å². The first-order chi connectivity index (χ1) is 14.3. The van der Waals surface area contributed by atoms with E-state index in [1.807, 2.05) is 0 Å². The molecule has 2 aliphatic rings. The topological polar surface area (TPSA) is 50.1 Å². The summed E-state index contributed by atoms with van der Waals surface area (Å²) < 4.78 is 41.5. The van der Waals surface area contributed by atoms with Crippen LogP contribution in [0.2, 0.25) is 0 Å². The quantitative estimate of drug-likeness (QED) is 0.718. The SMILES string of the molecule is C#Cc1ccc(-n2nnnc2CN2CCC3(CCCN(C)C3)CC2)cc1C(F)(F)F. The van der Waals surface area contributed by atoms with Crippen LogP contribution in [-0.2, 0) is 12.7 Å². The molecule has 4 rings (SSSR count). The van der Waals surface area contributed by atoms with Crippen molar-refractivity contribution < 1.29 is 13.2 Å². The van der Waals surface area contributed by atoms with Crippen molar-refractivity contribution in [2.24, 2.45) is 5.41 Å². The Morgan fingerprint density at radius 2 is 1.93 bits per heavy atom. The van der Waals surface area contributed by atoms with E-state index < -0.39 is 11.7 Å². The van der Waals surface area contributed by atoms with Crippen LogP contribution in [-0.4, -0.2) is 63.2 Å². The first kappa shape index (κ1) is 20.8. The number of hydrogen-bond donors (Lipinski definition) is 0. The molecule has 2 aliphatic heterocycles. The molecule has 0 bridgehead atoms. The molecule has 1 aromatic heterocycles. The first-order valence-electron chi connectivity index (χ1n) is 10.2. The van der Waals surface area contributed by atoms with Crippen LogP contribution >= 0.6 is 0 Å². The van der Waals surface area contributed by atoms with Gasteiger partial charge in [0, 0.05) is 12.1 Å². The van der Waals surface area contributed by atoms with Gasteiger partial charge < -0.3 is 4.90 Å². The second-order valence-electron chi connectivity index (χ2n) is 8.50. The first-order valence-corrected chi connectivity index (χ1v) is 10.2. The highest BCUT2D eigenvalue weighted by molar-refractivity contribution is 5.48. The van der Waals surface area contributed by atoms with Gasteiger partial charge in [-0.25, -0.2) is 0 Å². The lowest BCUT2D eigenvalue weighted by Gasteiger charge is -2.46. The van der Waals surface area contributed by atoms with Gasteiger partial charge in [0.05, 0.1) is 17.8 Å². The molecule has 9 heteroatoms. The van der Waals surface area contributed by atoms with Gasteiger partial charge in [-0.3, -0.25) is 4.90 Å². The third-order valence-electron chi connectivity index (χ3n) is 6.38.